The minimum atomic E-state index is -4.47. The molecule has 1 fully saturated rings. The minimum Gasteiger partial charge on any atom is -0.481 e. The van der Waals surface area contributed by atoms with Crippen LogP contribution in [0.25, 0.3) is 0 Å². The van der Waals surface area contributed by atoms with Crippen LogP contribution in [-0.2, 0) is 4.79 Å². The van der Waals surface area contributed by atoms with E-state index in [9.17, 15) is 18.0 Å². The Morgan fingerprint density at radius 3 is 2.61 bits per heavy atom. The van der Waals surface area contributed by atoms with Crippen molar-refractivity contribution in [2.24, 2.45) is 0 Å². The molecule has 0 saturated carbocycles. The average Bonchev–Trinajstić information content (AvgIpc) is 2.26. The van der Waals surface area contributed by atoms with Crippen LogP contribution in [0.1, 0.15) is 45.4 Å². The second kappa shape index (κ2) is 6.41. The number of rotatable bonds is 5. The van der Waals surface area contributed by atoms with Crippen LogP contribution < -0.4 is 0 Å². The highest BCUT2D eigenvalue weighted by molar-refractivity contribution is 5.67. The van der Waals surface area contributed by atoms with Gasteiger partial charge in [-0.3, -0.25) is 9.69 Å². The second-order valence-electron chi connectivity index (χ2n) is 4.83. The minimum absolute atomic E-state index is 0.130. The van der Waals surface area contributed by atoms with Gasteiger partial charge in [0.15, 0.2) is 0 Å². The van der Waals surface area contributed by atoms with Crippen molar-refractivity contribution >= 4 is 5.97 Å². The first-order chi connectivity index (χ1) is 8.36. The fourth-order valence-electron chi connectivity index (χ4n) is 2.66. The van der Waals surface area contributed by atoms with Crippen LogP contribution in [0.4, 0.5) is 13.2 Å². The molecule has 106 valence electrons. The number of hydrogen-bond acceptors (Lipinski definition) is 2. The fraction of sp³-hybridized carbons (Fsp3) is 0.917. The molecule has 1 aliphatic rings. The molecule has 1 N–H and O–H groups in total. The molecular formula is C12H20F3NO2. The molecule has 1 heterocycles. The molecule has 0 aromatic carbocycles. The number of likely N-dealkylation sites (tertiary alicyclic amines) is 1. The molecule has 0 bridgehead atoms. The van der Waals surface area contributed by atoms with Crippen LogP contribution in [0.2, 0.25) is 0 Å². The van der Waals surface area contributed by atoms with Gasteiger partial charge in [0.25, 0.3) is 0 Å². The molecule has 0 aromatic heterocycles. The van der Waals surface area contributed by atoms with E-state index in [0.717, 1.165) is 19.3 Å². The van der Waals surface area contributed by atoms with E-state index in [2.05, 4.69) is 0 Å². The van der Waals surface area contributed by atoms with E-state index in [1.54, 1.807) is 0 Å². The van der Waals surface area contributed by atoms with Crippen LogP contribution >= 0.6 is 0 Å². The van der Waals surface area contributed by atoms with Crippen LogP contribution in [-0.4, -0.2) is 40.8 Å². The van der Waals surface area contributed by atoms with E-state index in [1.807, 2.05) is 6.92 Å². The average molecular weight is 267 g/mol. The summed E-state index contributed by atoms with van der Waals surface area (Å²) in [4.78, 5) is 12.0. The van der Waals surface area contributed by atoms with Crippen molar-refractivity contribution in [3.8, 4) is 0 Å². The van der Waals surface area contributed by atoms with E-state index < -0.39 is 24.6 Å². The zero-order valence-corrected chi connectivity index (χ0v) is 10.5. The number of nitrogens with zero attached hydrogens (tertiary/aromatic N) is 1. The van der Waals surface area contributed by atoms with Crippen molar-refractivity contribution in [2.45, 2.75) is 63.7 Å². The van der Waals surface area contributed by atoms with Crippen molar-refractivity contribution in [1.29, 1.82) is 0 Å². The fourth-order valence-corrected chi connectivity index (χ4v) is 2.66. The number of carboxylic acids is 1. The summed E-state index contributed by atoms with van der Waals surface area (Å²) in [6.07, 6.45) is -1.43. The Kier molecular flexibility index (Phi) is 5.44. The number of halogens is 3. The number of carboxylic acid groups (broad SMARTS) is 1. The topological polar surface area (TPSA) is 40.5 Å². The molecule has 0 amide bonds. The predicted molar refractivity (Wildman–Crippen MR) is 61.3 cm³/mol. The summed E-state index contributed by atoms with van der Waals surface area (Å²) in [5, 5.41) is 8.67. The van der Waals surface area contributed by atoms with Gasteiger partial charge in [0, 0.05) is 6.04 Å². The van der Waals surface area contributed by atoms with Crippen LogP contribution in [0.15, 0.2) is 0 Å². The summed E-state index contributed by atoms with van der Waals surface area (Å²) in [5.41, 5.74) is 0. The molecule has 0 aliphatic carbocycles. The molecule has 1 aliphatic heterocycles. The molecule has 0 aromatic rings. The maximum absolute atomic E-state index is 13.0. The van der Waals surface area contributed by atoms with Gasteiger partial charge >= 0.3 is 12.1 Å². The molecule has 1 rings (SSSR count). The first kappa shape index (κ1) is 15.3. The zero-order valence-electron chi connectivity index (χ0n) is 10.5. The smallest absolute Gasteiger partial charge is 0.404 e. The van der Waals surface area contributed by atoms with Crippen molar-refractivity contribution in [2.75, 3.05) is 6.54 Å². The molecule has 18 heavy (non-hydrogen) atoms. The van der Waals surface area contributed by atoms with Crippen molar-refractivity contribution in [3.63, 3.8) is 0 Å². The Balaban J connectivity index is 2.83. The third kappa shape index (κ3) is 4.15. The highest BCUT2D eigenvalue weighted by atomic mass is 19.4. The van der Waals surface area contributed by atoms with Gasteiger partial charge in [-0.1, -0.05) is 19.8 Å². The first-order valence-corrected chi connectivity index (χ1v) is 6.40. The SMILES string of the molecule is CCCC1CCCCN1C(CC(=O)O)C(F)(F)F. The predicted octanol–water partition coefficient (Wildman–Crippen LogP) is 3.05. The lowest BCUT2D eigenvalue weighted by Crippen LogP contribution is -2.53. The second-order valence-corrected chi connectivity index (χ2v) is 4.83. The molecular weight excluding hydrogens is 247 g/mol. The van der Waals surface area contributed by atoms with E-state index in [-0.39, 0.29) is 6.04 Å². The van der Waals surface area contributed by atoms with Crippen LogP contribution in [0.3, 0.4) is 0 Å². The quantitative estimate of drug-likeness (QED) is 0.832. The molecule has 2 atom stereocenters. The van der Waals surface area contributed by atoms with Crippen molar-refractivity contribution in [1.82, 2.24) is 4.90 Å². The van der Waals surface area contributed by atoms with Gasteiger partial charge in [-0.05, 0) is 25.8 Å². The lowest BCUT2D eigenvalue weighted by atomic mass is 9.95. The van der Waals surface area contributed by atoms with Gasteiger partial charge in [0.2, 0.25) is 0 Å². The van der Waals surface area contributed by atoms with Gasteiger partial charge < -0.3 is 5.11 Å². The number of hydrogen-bond donors (Lipinski definition) is 1. The Bertz CT molecular complexity index is 279. The van der Waals surface area contributed by atoms with E-state index in [1.165, 1.54) is 4.90 Å². The van der Waals surface area contributed by atoms with Gasteiger partial charge in [0.1, 0.15) is 6.04 Å². The molecule has 3 nitrogen and oxygen atoms in total. The standard InChI is InChI=1S/C12H20F3NO2/c1-2-5-9-6-3-4-7-16(9)10(8-11(17)18)12(13,14)15/h9-10H,2-8H2,1H3,(H,17,18). The molecule has 6 heteroatoms. The summed E-state index contributed by atoms with van der Waals surface area (Å²) in [7, 11) is 0. The highest BCUT2D eigenvalue weighted by Crippen LogP contribution is 2.33. The lowest BCUT2D eigenvalue weighted by Gasteiger charge is -2.41. The summed E-state index contributed by atoms with van der Waals surface area (Å²) in [6, 6.07) is -1.97. The third-order valence-electron chi connectivity index (χ3n) is 3.44. The molecule has 1 saturated heterocycles. The summed E-state index contributed by atoms with van der Waals surface area (Å²) < 4.78 is 38.9. The largest absolute Gasteiger partial charge is 0.481 e. The number of carbonyl (C=O) groups is 1. The van der Waals surface area contributed by atoms with Crippen LogP contribution in [0.5, 0.6) is 0 Å². The molecule has 0 radical (unpaired) electrons. The van der Waals surface area contributed by atoms with Crippen molar-refractivity contribution < 1.29 is 23.1 Å². The maximum atomic E-state index is 13.0. The van der Waals surface area contributed by atoms with E-state index in [0.29, 0.717) is 19.4 Å². The Hall–Kier alpha value is -0.780. The van der Waals surface area contributed by atoms with Gasteiger partial charge in [-0.25, -0.2) is 0 Å². The highest BCUT2D eigenvalue weighted by Gasteiger charge is 2.47. The summed E-state index contributed by atoms with van der Waals surface area (Å²) in [5.74, 6) is -1.39. The lowest BCUT2D eigenvalue weighted by molar-refractivity contribution is -0.199. The summed E-state index contributed by atoms with van der Waals surface area (Å²) >= 11 is 0. The van der Waals surface area contributed by atoms with Crippen molar-refractivity contribution in [3.05, 3.63) is 0 Å². The van der Waals surface area contributed by atoms with Gasteiger partial charge in [-0.2, -0.15) is 13.2 Å². The monoisotopic (exact) mass is 267 g/mol. The third-order valence-corrected chi connectivity index (χ3v) is 3.44. The van der Waals surface area contributed by atoms with Crippen LogP contribution in [0, 0.1) is 0 Å². The van der Waals surface area contributed by atoms with E-state index in [4.69, 9.17) is 5.11 Å². The molecule has 2 unspecified atom stereocenters. The Morgan fingerprint density at radius 2 is 2.11 bits per heavy atom. The molecule has 0 spiro atoms. The Labute approximate surface area is 105 Å². The number of alkyl halides is 3. The maximum Gasteiger partial charge on any atom is 0.404 e. The van der Waals surface area contributed by atoms with Gasteiger partial charge in [-0.15, -0.1) is 0 Å². The number of piperidine rings is 1. The first-order valence-electron chi connectivity index (χ1n) is 6.40. The normalized spacial score (nSPS) is 23.9. The Morgan fingerprint density at radius 1 is 1.44 bits per heavy atom. The van der Waals surface area contributed by atoms with Gasteiger partial charge in [0.05, 0.1) is 6.42 Å². The number of aliphatic carboxylic acids is 1. The van der Waals surface area contributed by atoms with E-state index >= 15 is 0 Å². The zero-order chi connectivity index (χ0) is 13.8. The summed E-state index contributed by atoms with van der Waals surface area (Å²) in [6.45, 7) is 2.29.